The van der Waals surface area contributed by atoms with Crippen LogP contribution in [0.15, 0.2) is 30.3 Å². The number of hydrogen-bond acceptors (Lipinski definition) is 9. The molecule has 1 amide bonds. The lowest BCUT2D eigenvalue weighted by molar-refractivity contribution is 0.0767. The van der Waals surface area contributed by atoms with Crippen LogP contribution in [0.1, 0.15) is 36.1 Å². The molecule has 3 aliphatic rings. The molecule has 37 heavy (non-hydrogen) atoms. The lowest BCUT2D eigenvalue weighted by Gasteiger charge is -2.41. The second-order valence-corrected chi connectivity index (χ2v) is 9.97. The zero-order chi connectivity index (χ0) is 25.6. The highest BCUT2D eigenvalue weighted by atomic mass is 16.6. The molecule has 0 radical (unpaired) electrons. The maximum Gasteiger partial charge on any atom is 0.410 e. The number of nitrogens with zero attached hydrogens (tertiary/aromatic N) is 6. The molecule has 0 bridgehead atoms. The number of amides is 1. The third kappa shape index (κ3) is 5.95. The molecule has 0 saturated carbocycles. The Hall–Kier alpha value is -3.42. The number of hydrogen-bond donors (Lipinski definition) is 1. The van der Waals surface area contributed by atoms with Crippen molar-refractivity contribution in [1.29, 1.82) is 5.26 Å². The van der Waals surface area contributed by atoms with Gasteiger partial charge >= 0.3 is 12.1 Å². The van der Waals surface area contributed by atoms with Crippen LogP contribution in [0.2, 0.25) is 0 Å². The number of rotatable bonds is 7. The molecule has 4 heterocycles. The van der Waals surface area contributed by atoms with Gasteiger partial charge in [0, 0.05) is 37.8 Å². The first kappa shape index (κ1) is 25.2. The van der Waals surface area contributed by atoms with Crippen molar-refractivity contribution in [3.8, 4) is 12.1 Å². The van der Waals surface area contributed by atoms with Gasteiger partial charge in [0.25, 0.3) is 0 Å². The highest BCUT2D eigenvalue weighted by molar-refractivity contribution is 5.69. The van der Waals surface area contributed by atoms with Gasteiger partial charge in [0.2, 0.25) is 0 Å². The van der Waals surface area contributed by atoms with Crippen molar-refractivity contribution < 1.29 is 14.3 Å². The van der Waals surface area contributed by atoms with Crippen LogP contribution in [0.3, 0.4) is 0 Å². The molecule has 2 fully saturated rings. The summed E-state index contributed by atoms with van der Waals surface area (Å²) in [5, 5.41) is 12.9. The molecule has 10 heteroatoms. The van der Waals surface area contributed by atoms with E-state index in [1.165, 1.54) is 6.42 Å². The average molecular weight is 508 g/mol. The summed E-state index contributed by atoms with van der Waals surface area (Å²) < 4.78 is 11.7. The average Bonchev–Trinajstić information content (AvgIpc) is 3.35. The third-order valence-electron chi connectivity index (χ3n) is 7.52. The van der Waals surface area contributed by atoms with E-state index in [0.717, 1.165) is 48.6 Å². The Balaban J connectivity index is 1.30. The van der Waals surface area contributed by atoms with Crippen LogP contribution in [0.5, 0.6) is 6.01 Å². The first-order chi connectivity index (χ1) is 18.1. The van der Waals surface area contributed by atoms with E-state index in [1.807, 2.05) is 30.3 Å². The molecular weight excluding hydrogens is 472 g/mol. The number of likely N-dealkylation sites (N-methyl/N-ethyl adjacent to an activating group) is 1. The van der Waals surface area contributed by atoms with Crippen molar-refractivity contribution in [3.05, 3.63) is 47.2 Å². The fourth-order valence-electron chi connectivity index (χ4n) is 5.37. The van der Waals surface area contributed by atoms with Crippen LogP contribution in [-0.2, 0) is 24.3 Å². The number of likely N-dealkylation sites (tertiary alicyclic amines) is 1. The highest BCUT2D eigenvalue weighted by Gasteiger charge is 2.34. The van der Waals surface area contributed by atoms with E-state index in [2.05, 4.69) is 28.2 Å². The first-order valence-electron chi connectivity index (χ1n) is 13.1. The molecule has 0 unspecified atom stereocenters. The first-order valence-corrected chi connectivity index (χ1v) is 13.1. The van der Waals surface area contributed by atoms with Gasteiger partial charge in [-0.1, -0.05) is 30.3 Å². The smallest absolute Gasteiger partial charge is 0.410 e. The quantitative estimate of drug-likeness (QED) is 0.604. The van der Waals surface area contributed by atoms with E-state index < -0.39 is 0 Å². The van der Waals surface area contributed by atoms with E-state index in [4.69, 9.17) is 19.4 Å². The van der Waals surface area contributed by atoms with E-state index in [0.29, 0.717) is 44.8 Å². The minimum absolute atomic E-state index is 0.211. The monoisotopic (exact) mass is 507 g/mol. The standard InChI is InChI=1S/C27H35N7O3/c1-32-13-5-8-22(32)19-36-26-30-24-16-29-12-10-23(24)25(31-26)33-14-15-34(21(17-33)9-11-28)27(35)37-18-20-6-3-2-4-7-20/h2-4,6-7,21-22,29H,5,8-10,12-19H2,1H3/t21-,22-/m0/s1/i1+2. The number of aromatic nitrogens is 2. The predicted molar refractivity (Wildman–Crippen MR) is 138 cm³/mol. The van der Waals surface area contributed by atoms with Crippen LogP contribution in [0.4, 0.5) is 10.6 Å². The molecule has 1 N–H and O–H groups in total. The van der Waals surface area contributed by atoms with Crippen LogP contribution in [0.25, 0.3) is 0 Å². The van der Waals surface area contributed by atoms with Crippen LogP contribution < -0.4 is 15.0 Å². The van der Waals surface area contributed by atoms with Gasteiger partial charge in [-0.25, -0.2) is 4.79 Å². The molecule has 2 atom stereocenters. The molecule has 0 aliphatic carbocycles. The maximum atomic E-state index is 12.9. The van der Waals surface area contributed by atoms with E-state index in [-0.39, 0.29) is 25.2 Å². The van der Waals surface area contributed by atoms with Gasteiger partial charge < -0.3 is 29.5 Å². The number of benzene rings is 1. The predicted octanol–water partition coefficient (Wildman–Crippen LogP) is 2.34. The van der Waals surface area contributed by atoms with Crippen LogP contribution in [-0.4, -0.2) is 84.3 Å². The Bertz CT molecular complexity index is 1120. The fourth-order valence-corrected chi connectivity index (χ4v) is 5.37. The lowest BCUT2D eigenvalue weighted by atomic mass is 10.0. The van der Waals surface area contributed by atoms with Crippen molar-refractivity contribution in [1.82, 2.24) is 25.1 Å². The Morgan fingerprint density at radius 2 is 2.05 bits per heavy atom. The SMILES string of the molecule is [14CH3]N1CCC[C@H]1COc1nc2c(c(N3CCN(C(=O)OCc4ccccc4)[C@@H](CC#N)C3)n1)CCNC2. The summed E-state index contributed by atoms with van der Waals surface area (Å²) in [5.41, 5.74) is 3.02. The summed E-state index contributed by atoms with van der Waals surface area (Å²) in [7, 11) is 2.13. The number of nitriles is 1. The topological polar surface area (TPSA) is 107 Å². The van der Waals surface area contributed by atoms with E-state index in [9.17, 15) is 10.1 Å². The van der Waals surface area contributed by atoms with Crippen molar-refractivity contribution >= 4 is 11.9 Å². The summed E-state index contributed by atoms with van der Waals surface area (Å²) >= 11 is 0. The minimum Gasteiger partial charge on any atom is -0.462 e. The van der Waals surface area contributed by atoms with Gasteiger partial charge in [0.1, 0.15) is 19.0 Å². The molecule has 10 nitrogen and oxygen atoms in total. The molecule has 2 aromatic rings. The van der Waals surface area contributed by atoms with E-state index in [1.54, 1.807) is 4.90 Å². The molecule has 1 aromatic heterocycles. The van der Waals surface area contributed by atoms with Gasteiger partial charge in [0.05, 0.1) is 24.2 Å². The molecule has 0 spiro atoms. The van der Waals surface area contributed by atoms with Crippen molar-refractivity contribution in [3.63, 3.8) is 0 Å². The largest absolute Gasteiger partial charge is 0.462 e. The summed E-state index contributed by atoms with van der Waals surface area (Å²) in [6, 6.07) is 12.4. The maximum absolute atomic E-state index is 12.9. The second-order valence-electron chi connectivity index (χ2n) is 9.97. The normalized spacial score (nSPS) is 21.8. The van der Waals surface area contributed by atoms with Crippen molar-refractivity contribution in [2.24, 2.45) is 0 Å². The van der Waals surface area contributed by atoms with Crippen molar-refractivity contribution in [2.75, 3.05) is 51.3 Å². The highest BCUT2D eigenvalue weighted by Crippen LogP contribution is 2.29. The summed E-state index contributed by atoms with van der Waals surface area (Å²) in [6.45, 7) is 4.98. The number of carbonyl (C=O) groups is 1. The fraction of sp³-hybridized carbons (Fsp3) is 0.556. The van der Waals surface area contributed by atoms with Crippen molar-refractivity contribution in [2.45, 2.75) is 50.9 Å². The lowest BCUT2D eigenvalue weighted by Crippen LogP contribution is -2.55. The number of anilines is 1. The molecule has 2 saturated heterocycles. The summed E-state index contributed by atoms with van der Waals surface area (Å²) in [5.74, 6) is 0.863. The zero-order valence-electron chi connectivity index (χ0n) is 21.4. The second kappa shape index (κ2) is 11.8. The van der Waals surface area contributed by atoms with Gasteiger partial charge in [-0.05, 0) is 45.0 Å². The minimum atomic E-state index is -0.387. The Morgan fingerprint density at radius 3 is 2.84 bits per heavy atom. The Kier molecular flexibility index (Phi) is 8.02. The number of fused-ring (bicyclic) bond motifs is 1. The molecule has 5 rings (SSSR count). The molecule has 196 valence electrons. The summed E-state index contributed by atoms with van der Waals surface area (Å²) in [4.78, 5) is 28.7. The van der Waals surface area contributed by atoms with Gasteiger partial charge in [-0.15, -0.1) is 0 Å². The number of carbonyl (C=O) groups excluding carboxylic acids is 1. The Morgan fingerprint density at radius 1 is 1.19 bits per heavy atom. The van der Waals surface area contributed by atoms with E-state index >= 15 is 0 Å². The van der Waals surface area contributed by atoms with Gasteiger partial charge in [-0.2, -0.15) is 15.2 Å². The molecule has 1 aromatic carbocycles. The molecule has 3 aliphatic heterocycles. The number of ether oxygens (including phenoxy) is 2. The third-order valence-corrected chi connectivity index (χ3v) is 7.52. The van der Waals surface area contributed by atoms with Crippen LogP contribution >= 0.6 is 0 Å². The Labute approximate surface area is 218 Å². The zero-order valence-corrected chi connectivity index (χ0v) is 21.4. The number of piperazine rings is 1. The van der Waals surface area contributed by atoms with Gasteiger partial charge in [-0.3, -0.25) is 0 Å². The number of nitrogens with one attached hydrogen (secondary N) is 1. The van der Waals surface area contributed by atoms with Gasteiger partial charge in [0.15, 0.2) is 0 Å². The molecular formula is C27H35N7O3. The summed E-state index contributed by atoms with van der Waals surface area (Å²) in [6.07, 6.45) is 2.97. The van der Waals surface area contributed by atoms with Crippen LogP contribution in [0, 0.1) is 11.3 Å².